The summed E-state index contributed by atoms with van der Waals surface area (Å²) in [6.07, 6.45) is 4.75. The third-order valence-corrected chi connectivity index (χ3v) is 3.69. The summed E-state index contributed by atoms with van der Waals surface area (Å²) in [6.45, 7) is 7.36. The third kappa shape index (κ3) is 2.11. The standard InChI is InChI=1S/C12H22N2O/c1-10(2)11-6-5-9-14(11)12(15)13-7-3-4-8-13/h10-11H,3-9H2,1-2H3/t11-/m1/s1. The molecule has 15 heavy (non-hydrogen) atoms. The summed E-state index contributed by atoms with van der Waals surface area (Å²) < 4.78 is 0. The molecule has 0 spiro atoms. The molecule has 0 aromatic carbocycles. The average molecular weight is 210 g/mol. The summed E-state index contributed by atoms with van der Waals surface area (Å²) in [5.41, 5.74) is 0. The van der Waals surface area contributed by atoms with Gasteiger partial charge < -0.3 is 9.80 Å². The van der Waals surface area contributed by atoms with Gasteiger partial charge in [0.2, 0.25) is 0 Å². The van der Waals surface area contributed by atoms with Crippen molar-refractivity contribution in [2.45, 2.75) is 45.6 Å². The minimum Gasteiger partial charge on any atom is -0.325 e. The van der Waals surface area contributed by atoms with Crippen LogP contribution >= 0.6 is 0 Å². The van der Waals surface area contributed by atoms with E-state index in [1.807, 2.05) is 4.90 Å². The molecule has 86 valence electrons. The van der Waals surface area contributed by atoms with E-state index in [4.69, 9.17) is 0 Å². The number of urea groups is 1. The Morgan fingerprint density at radius 2 is 1.80 bits per heavy atom. The summed E-state index contributed by atoms with van der Waals surface area (Å²) in [6, 6.07) is 0.779. The van der Waals surface area contributed by atoms with Crippen LogP contribution in [0.2, 0.25) is 0 Å². The van der Waals surface area contributed by atoms with Gasteiger partial charge in [0.1, 0.15) is 0 Å². The molecule has 0 N–H and O–H groups in total. The number of hydrogen-bond donors (Lipinski definition) is 0. The highest BCUT2D eigenvalue weighted by Gasteiger charge is 2.33. The molecule has 2 fully saturated rings. The van der Waals surface area contributed by atoms with E-state index in [0.29, 0.717) is 18.0 Å². The van der Waals surface area contributed by atoms with Crippen LogP contribution in [0, 0.1) is 5.92 Å². The lowest BCUT2D eigenvalue weighted by Gasteiger charge is -2.31. The molecule has 0 unspecified atom stereocenters. The summed E-state index contributed by atoms with van der Waals surface area (Å²) in [7, 11) is 0. The van der Waals surface area contributed by atoms with Crippen LogP contribution in [0.1, 0.15) is 39.5 Å². The zero-order valence-electron chi connectivity index (χ0n) is 9.91. The molecule has 3 nitrogen and oxygen atoms in total. The highest BCUT2D eigenvalue weighted by Crippen LogP contribution is 2.25. The molecule has 0 aliphatic carbocycles. The van der Waals surface area contributed by atoms with Crippen LogP contribution in [0.3, 0.4) is 0 Å². The number of hydrogen-bond acceptors (Lipinski definition) is 1. The fourth-order valence-corrected chi connectivity index (χ4v) is 2.81. The quantitative estimate of drug-likeness (QED) is 0.651. The van der Waals surface area contributed by atoms with Crippen molar-refractivity contribution in [3.8, 4) is 0 Å². The van der Waals surface area contributed by atoms with E-state index in [1.54, 1.807) is 0 Å². The molecule has 3 heteroatoms. The maximum Gasteiger partial charge on any atom is 0.320 e. The van der Waals surface area contributed by atoms with Gasteiger partial charge in [0.05, 0.1) is 0 Å². The highest BCUT2D eigenvalue weighted by molar-refractivity contribution is 5.75. The molecule has 0 aromatic rings. The number of amides is 2. The Balaban J connectivity index is 1.99. The number of carbonyl (C=O) groups excluding carboxylic acids is 1. The first kappa shape index (κ1) is 10.8. The molecule has 1 atom stereocenters. The van der Waals surface area contributed by atoms with Gasteiger partial charge in [-0.1, -0.05) is 13.8 Å². The van der Waals surface area contributed by atoms with Crippen LogP contribution in [0.15, 0.2) is 0 Å². The number of carbonyl (C=O) groups is 1. The molecule has 2 heterocycles. The van der Waals surface area contributed by atoms with Gasteiger partial charge in [-0.05, 0) is 31.6 Å². The predicted molar refractivity (Wildman–Crippen MR) is 60.8 cm³/mol. The Labute approximate surface area is 92.4 Å². The maximum absolute atomic E-state index is 12.2. The van der Waals surface area contributed by atoms with Gasteiger partial charge >= 0.3 is 6.03 Å². The molecule has 2 rings (SSSR count). The molecule has 2 aliphatic heterocycles. The van der Waals surface area contributed by atoms with Crippen molar-refractivity contribution >= 4 is 6.03 Å². The Bertz CT molecular complexity index is 234. The van der Waals surface area contributed by atoms with Crippen LogP contribution in [0.4, 0.5) is 4.79 Å². The largest absolute Gasteiger partial charge is 0.325 e. The van der Waals surface area contributed by atoms with Gasteiger partial charge in [-0.3, -0.25) is 0 Å². The van der Waals surface area contributed by atoms with Crippen molar-refractivity contribution < 1.29 is 4.79 Å². The summed E-state index contributed by atoms with van der Waals surface area (Å²) in [5.74, 6) is 0.596. The zero-order chi connectivity index (χ0) is 10.8. The van der Waals surface area contributed by atoms with E-state index in [0.717, 1.165) is 19.6 Å². The van der Waals surface area contributed by atoms with Gasteiger partial charge in [-0.2, -0.15) is 0 Å². The Morgan fingerprint density at radius 1 is 1.13 bits per heavy atom. The first-order chi connectivity index (χ1) is 7.20. The Hall–Kier alpha value is -0.730. The van der Waals surface area contributed by atoms with Crippen molar-refractivity contribution in [1.82, 2.24) is 9.80 Å². The van der Waals surface area contributed by atoms with Crippen molar-refractivity contribution in [1.29, 1.82) is 0 Å². The normalized spacial score (nSPS) is 26.7. The molecular formula is C12H22N2O. The van der Waals surface area contributed by atoms with Crippen molar-refractivity contribution in [3.63, 3.8) is 0 Å². The minimum atomic E-state index is 0.295. The summed E-state index contributed by atoms with van der Waals surface area (Å²) >= 11 is 0. The molecule has 0 radical (unpaired) electrons. The van der Waals surface area contributed by atoms with Crippen LogP contribution in [-0.4, -0.2) is 41.5 Å². The van der Waals surface area contributed by atoms with Gasteiger partial charge in [0.15, 0.2) is 0 Å². The fourth-order valence-electron chi connectivity index (χ4n) is 2.81. The molecule has 2 saturated heterocycles. The van der Waals surface area contributed by atoms with Crippen LogP contribution in [0.25, 0.3) is 0 Å². The second kappa shape index (κ2) is 4.42. The number of nitrogens with zero attached hydrogens (tertiary/aromatic N) is 2. The fraction of sp³-hybridized carbons (Fsp3) is 0.917. The lowest BCUT2D eigenvalue weighted by atomic mass is 10.0. The van der Waals surface area contributed by atoms with E-state index >= 15 is 0 Å². The second-order valence-corrected chi connectivity index (χ2v) is 5.12. The van der Waals surface area contributed by atoms with Crippen LogP contribution in [0.5, 0.6) is 0 Å². The Kier molecular flexibility index (Phi) is 3.17. The monoisotopic (exact) mass is 210 g/mol. The van der Waals surface area contributed by atoms with Crippen molar-refractivity contribution in [2.24, 2.45) is 5.92 Å². The van der Waals surface area contributed by atoms with E-state index in [1.165, 1.54) is 25.7 Å². The van der Waals surface area contributed by atoms with Crippen molar-refractivity contribution in [2.75, 3.05) is 19.6 Å². The van der Waals surface area contributed by atoms with E-state index in [9.17, 15) is 4.79 Å². The zero-order valence-corrected chi connectivity index (χ0v) is 9.91. The third-order valence-electron chi connectivity index (χ3n) is 3.69. The SMILES string of the molecule is CC(C)[C@H]1CCCN1C(=O)N1CCCC1. The van der Waals surface area contributed by atoms with Gasteiger partial charge in [0.25, 0.3) is 0 Å². The second-order valence-electron chi connectivity index (χ2n) is 5.12. The van der Waals surface area contributed by atoms with E-state index in [-0.39, 0.29) is 0 Å². The average Bonchev–Trinajstić information content (AvgIpc) is 2.88. The predicted octanol–water partition coefficient (Wildman–Crippen LogP) is 2.32. The molecule has 2 aliphatic rings. The molecule has 0 bridgehead atoms. The van der Waals surface area contributed by atoms with E-state index in [2.05, 4.69) is 18.7 Å². The molecule has 0 aromatic heterocycles. The van der Waals surface area contributed by atoms with Crippen molar-refractivity contribution in [3.05, 3.63) is 0 Å². The first-order valence-corrected chi connectivity index (χ1v) is 6.25. The summed E-state index contributed by atoms with van der Waals surface area (Å²) in [4.78, 5) is 16.3. The van der Waals surface area contributed by atoms with Gasteiger partial charge in [-0.15, -0.1) is 0 Å². The maximum atomic E-state index is 12.2. The lowest BCUT2D eigenvalue weighted by molar-refractivity contribution is 0.146. The molecular weight excluding hydrogens is 188 g/mol. The number of likely N-dealkylation sites (tertiary alicyclic amines) is 2. The topological polar surface area (TPSA) is 23.6 Å². The van der Waals surface area contributed by atoms with Gasteiger partial charge in [0, 0.05) is 25.7 Å². The first-order valence-electron chi connectivity index (χ1n) is 6.25. The molecule has 2 amide bonds. The lowest BCUT2D eigenvalue weighted by Crippen LogP contribution is -2.45. The smallest absolute Gasteiger partial charge is 0.320 e. The molecule has 0 saturated carbocycles. The minimum absolute atomic E-state index is 0.295. The van der Waals surface area contributed by atoms with Crippen LogP contribution < -0.4 is 0 Å². The number of rotatable bonds is 1. The summed E-state index contributed by atoms with van der Waals surface area (Å²) in [5, 5.41) is 0. The van der Waals surface area contributed by atoms with E-state index < -0.39 is 0 Å². The Morgan fingerprint density at radius 3 is 2.40 bits per heavy atom. The highest BCUT2D eigenvalue weighted by atomic mass is 16.2. The van der Waals surface area contributed by atoms with Gasteiger partial charge in [-0.25, -0.2) is 4.79 Å². The van der Waals surface area contributed by atoms with Crippen LogP contribution in [-0.2, 0) is 0 Å².